The van der Waals surface area contributed by atoms with E-state index >= 15 is 0 Å². The smallest absolute Gasteiger partial charge is 0.229 e. The first-order chi connectivity index (χ1) is 17.1. The summed E-state index contributed by atoms with van der Waals surface area (Å²) in [6.45, 7) is 9.05. The zero-order valence-corrected chi connectivity index (χ0v) is 22.3. The molecule has 4 bridgehead atoms. The van der Waals surface area contributed by atoms with Crippen molar-refractivity contribution in [3.05, 3.63) is 0 Å². The average molecular weight is 484 g/mol. The fourth-order valence-corrected chi connectivity index (χ4v) is 7.41. The molecule has 0 unspecified atom stereocenters. The van der Waals surface area contributed by atoms with Gasteiger partial charge in [0, 0.05) is 18.1 Å². The zero-order chi connectivity index (χ0) is 24.1. The van der Waals surface area contributed by atoms with Gasteiger partial charge in [-0.05, 0) is 114 Å². The lowest BCUT2D eigenvalue weighted by Crippen LogP contribution is -2.55. The number of aromatic nitrogens is 3. The highest BCUT2D eigenvalue weighted by Crippen LogP contribution is 2.56. The van der Waals surface area contributed by atoms with Crippen molar-refractivity contribution in [1.29, 1.82) is 0 Å². The molecule has 5 aliphatic rings. The predicted octanol–water partition coefficient (Wildman–Crippen LogP) is 5.92. The Morgan fingerprint density at radius 1 is 0.771 bits per heavy atom. The Morgan fingerprint density at radius 3 is 1.91 bits per heavy atom. The predicted molar refractivity (Wildman–Crippen MR) is 145 cm³/mol. The van der Waals surface area contributed by atoms with Crippen LogP contribution in [0.15, 0.2) is 0 Å². The summed E-state index contributed by atoms with van der Waals surface area (Å²) >= 11 is 0. The van der Waals surface area contributed by atoms with E-state index in [4.69, 9.17) is 15.0 Å². The van der Waals surface area contributed by atoms with Crippen LogP contribution in [0.5, 0.6) is 0 Å². The molecule has 0 radical (unpaired) electrons. The Bertz CT molecular complexity index is 765. The Labute approximate surface area is 213 Å². The average Bonchev–Trinajstić information content (AvgIpc) is 2.79. The minimum atomic E-state index is 0.209. The number of rotatable bonds is 15. The Hall–Kier alpha value is -1.63. The van der Waals surface area contributed by atoms with Crippen molar-refractivity contribution >= 4 is 17.8 Å². The fourth-order valence-electron chi connectivity index (χ4n) is 7.41. The summed E-state index contributed by atoms with van der Waals surface area (Å²) in [4.78, 5) is 17.1. The summed E-state index contributed by atoms with van der Waals surface area (Å²) in [6.07, 6.45) is 18.2. The minimum Gasteiger partial charge on any atom is -0.354 e. The lowest BCUT2D eigenvalue weighted by molar-refractivity contribution is 0.0103. The lowest BCUT2D eigenvalue weighted by Gasteiger charge is -2.56. The molecule has 5 aliphatic carbocycles. The first-order valence-electron chi connectivity index (χ1n) is 14.9. The van der Waals surface area contributed by atoms with Crippen molar-refractivity contribution in [3.63, 3.8) is 0 Å². The third kappa shape index (κ3) is 6.58. The standard InChI is InChI=1S/C28H49N7/c1-3-5-12-35(13-6-4-2)14-8-11-29-25-31-26(30-24-9-7-10-24)33-27(32-25)34-28-18-21-15-22(19-28)17-23(16-21)20-28/h21-24H,3-20H2,1-2H3,(H3,29,30,31,32,33,34). The van der Waals surface area contributed by atoms with Gasteiger partial charge in [0.25, 0.3) is 0 Å². The Morgan fingerprint density at radius 2 is 1.34 bits per heavy atom. The topological polar surface area (TPSA) is 78.0 Å². The molecule has 0 atom stereocenters. The van der Waals surface area contributed by atoms with Gasteiger partial charge in [0.15, 0.2) is 0 Å². The van der Waals surface area contributed by atoms with Crippen molar-refractivity contribution in [2.24, 2.45) is 17.8 Å². The van der Waals surface area contributed by atoms with E-state index in [-0.39, 0.29) is 5.54 Å². The van der Waals surface area contributed by atoms with Crippen molar-refractivity contribution < 1.29 is 0 Å². The van der Waals surface area contributed by atoms with Crippen LogP contribution in [0.4, 0.5) is 17.8 Å². The summed E-state index contributed by atoms with van der Waals surface area (Å²) in [6, 6.07) is 0.517. The maximum atomic E-state index is 4.88. The first-order valence-corrected chi connectivity index (χ1v) is 14.9. The van der Waals surface area contributed by atoms with E-state index in [0.29, 0.717) is 6.04 Å². The number of hydrogen-bond acceptors (Lipinski definition) is 7. The molecule has 0 saturated heterocycles. The van der Waals surface area contributed by atoms with Gasteiger partial charge < -0.3 is 20.9 Å². The maximum absolute atomic E-state index is 4.88. The van der Waals surface area contributed by atoms with E-state index in [9.17, 15) is 0 Å². The quantitative estimate of drug-likeness (QED) is 0.267. The molecular weight excluding hydrogens is 434 g/mol. The molecule has 0 aliphatic heterocycles. The lowest BCUT2D eigenvalue weighted by atomic mass is 9.53. The summed E-state index contributed by atoms with van der Waals surface area (Å²) in [5.41, 5.74) is 0.209. The molecule has 196 valence electrons. The molecular formula is C28H49N7. The first kappa shape index (κ1) is 25.0. The highest BCUT2D eigenvalue weighted by Gasteiger charge is 2.51. The van der Waals surface area contributed by atoms with Gasteiger partial charge in [-0.2, -0.15) is 15.0 Å². The number of anilines is 3. The maximum Gasteiger partial charge on any atom is 0.229 e. The number of unbranched alkanes of at least 4 members (excludes halogenated alkanes) is 2. The van der Waals surface area contributed by atoms with E-state index in [1.165, 1.54) is 96.6 Å². The van der Waals surface area contributed by atoms with Crippen LogP contribution in [-0.4, -0.2) is 57.6 Å². The highest BCUT2D eigenvalue weighted by atomic mass is 15.3. The second-order valence-corrected chi connectivity index (χ2v) is 12.2. The van der Waals surface area contributed by atoms with Gasteiger partial charge in [-0.3, -0.25) is 0 Å². The summed E-state index contributed by atoms with van der Waals surface area (Å²) in [7, 11) is 0. The van der Waals surface area contributed by atoms with Gasteiger partial charge in [0.05, 0.1) is 0 Å². The number of hydrogen-bond donors (Lipinski definition) is 3. The van der Waals surface area contributed by atoms with Gasteiger partial charge in [0.1, 0.15) is 0 Å². The third-order valence-corrected chi connectivity index (χ3v) is 9.08. The Kier molecular flexibility index (Phi) is 8.31. The van der Waals surface area contributed by atoms with Crippen molar-refractivity contribution in [2.75, 3.05) is 42.1 Å². The highest BCUT2D eigenvalue weighted by molar-refractivity contribution is 5.44. The molecule has 5 fully saturated rings. The van der Waals surface area contributed by atoms with Crippen molar-refractivity contribution in [3.8, 4) is 0 Å². The molecule has 7 nitrogen and oxygen atoms in total. The van der Waals surface area contributed by atoms with E-state index in [1.54, 1.807) is 0 Å². The number of nitrogens with zero attached hydrogens (tertiary/aromatic N) is 4. The van der Waals surface area contributed by atoms with Crippen LogP contribution in [0.2, 0.25) is 0 Å². The normalized spacial score (nSPS) is 29.4. The summed E-state index contributed by atoms with van der Waals surface area (Å²) in [5.74, 6) is 4.96. The molecule has 1 aromatic heterocycles. The van der Waals surface area contributed by atoms with Gasteiger partial charge in [-0.25, -0.2) is 0 Å². The molecule has 0 amide bonds. The van der Waals surface area contributed by atoms with Crippen LogP contribution in [0.3, 0.4) is 0 Å². The second-order valence-electron chi connectivity index (χ2n) is 12.2. The SMILES string of the molecule is CCCCN(CCCC)CCCNc1nc(NC2CCC2)nc(NC23CC4CC(CC(C4)C2)C3)n1. The van der Waals surface area contributed by atoms with Crippen LogP contribution in [0, 0.1) is 17.8 Å². The molecule has 1 aromatic rings. The van der Waals surface area contributed by atoms with Crippen LogP contribution in [0.1, 0.15) is 104 Å². The third-order valence-electron chi connectivity index (χ3n) is 9.08. The molecule has 7 heteroatoms. The fraction of sp³-hybridized carbons (Fsp3) is 0.893. The Balaban J connectivity index is 1.21. The van der Waals surface area contributed by atoms with E-state index in [1.807, 2.05) is 0 Å². The molecule has 0 spiro atoms. The van der Waals surface area contributed by atoms with Crippen molar-refractivity contribution in [1.82, 2.24) is 19.9 Å². The van der Waals surface area contributed by atoms with Crippen LogP contribution in [0.25, 0.3) is 0 Å². The summed E-state index contributed by atoms with van der Waals surface area (Å²) in [5, 5.41) is 11.0. The van der Waals surface area contributed by atoms with Gasteiger partial charge >= 0.3 is 0 Å². The molecule has 6 rings (SSSR count). The van der Waals surface area contributed by atoms with E-state index < -0.39 is 0 Å². The van der Waals surface area contributed by atoms with Gasteiger partial charge in [0.2, 0.25) is 17.8 Å². The molecule has 35 heavy (non-hydrogen) atoms. The van der Waals surface area contributed by atoms with E-state index in [2.05, 4.69) is 34.7 Å². The minimum absolute atomic E-state index is 0.209. The molecule has 5 saturated carbocycles. The van der Waals surface area contributed by atoms with Gasteiger partial charge in [-0.1, -0.05) is 26.7 Å². The largest absolute Gasteiger partial charge is 0.354 e. The summed E-state index contributed by atoms with van der Waals surface area (Å²) < 4.78 is 0. The van der Waals surface area contributed by atoms with Crippen LogP contribution in [-0.2, 0) is 0 Å². The number of nitrogens with one attached hydrogen (secondary N) is 3. The molecule has 3 N–H and O–H groups in total. The van der Waals surface area contributed by atoms with Crippen LogP contribution >= 0.6 is 0 Å². The van der Waals surface area contributed by atoms with Crippen LogP contribution < -0.4 is 16.0 Å². The zero-order valence-electron chi connectivity index (χ0n) is 22.3. The second kappa shape index (κ2) is 11.6. The van der Waals surface area contributed by atoms with E-state index in [0.717, 1.165) is 55.1 Å². The monoisotopic (exact) mass is 483 g/mol. The molecule has 0 aromatic carbocycles. The van der Waals surface area contributed by atoms with Crippen molar-refractivity contribution in [2.45, 2.75) is 115 Å². The molecule has 1 heterocycles. The van der Waals surface area contributed by atoms with Gasteiger partial charge in [-0.15, -0.1) is 0 Å².